The summed E-state index contributed by atoms with van der Waals surface area (Å²) in [6, 6.07) is 20.1. The highest BCUT2D eigenvalue weighted by atomic mass is 16.5. The Morgan fingerprint density at radius 3 is 2.29 bits per heavy atom. The van der Waals surface area contributed by atoms with Crippen molar-refractivity contribution in [3.05, 3.63) is 124 Å². The summed E-state index contributed by atoms with van der Waals surface area (Å²) < 4.78 is 5.26. The lowest BCUT2D eigenvalue weighted by Crippen LogP contribution is -2.39. The molecule has 2 amide bonds. The number of aromatic hydroxyl groups is 1. The highest BCUT2D eigenvalue weighted by molar-refractivity contribution is 6.25. The average Bonchev–Trinajstić information content (AvgIpc) is 3.32. The van der Waals surface area contributed by atoms with Crippen LogP contribution in [0.5, 0.6) is 11.5 Å². The van der Waals surface area contributed by atoms with Gasteiger partial charge in [0.1, 0.15) is 11.5 Å². The minimum absolute atomic E-state index is 0.0954. The second-order valence-electron chi connectivity index (χ2n) is 11.9. The van der Waals surface area contributed by atoms with Crippen LogP contribution in [0.3, 0.4) is 0 Å². The standard InChI is InChI=1S/C37H29NO7/c1-19-16-30(40)33-28(34(19)41)18-27-24(31(33)25-13-12-23(45-2)17-29(25)39)14-15-26-32(27)37(44)38(36(26)43)22-10-8-21(9-11-22)35(42)20-6-4-3-5-7-20/h3-14,16-17,26-27,31-32,39H,15,18H2,1-2H3. The number of benzene rings is 3. The number of carbonyl (C=O) groups is 5. The number of rotatable bonds is 5. The van der Waals surface area contributed by atoms with Gasteiger partial charge in [-0.3, -0.25) is 28.9 Å². The first-order valence-electron chi connectivity index (χ1n) is 14.8. The second kappa shape index (κ2) is 10.7. The Bertz CT molecular complexity index is 1920. The highest BCUT2D eigenvalue weighted by Crippen LogP contribution is 2.56. The Morgan fingerprint density at radius 2 is 1.60 bits per heavy atom. The predicted octanol–water partition coefficient (Wildman–Crippen LogP) is 5.27. The number of imide groups is 1. The van der Waals surface area contributed by atoms with Crippen molar-refractivity contribution < 1.29 is 33.8 Å². The van der Waals surface area contributed by atoms with Crippen molar-refractivity contribution in [1.82, 2.24) is 0 Å². The number of phenols is 1. The van der Waals surface area contributed by atoms with Crippen LogP contribution in [0.1, 0.15) is 47.2 Å². The number of hydrogen-bond acceptors (Lipinski definition) is 7. The Morgan fingerprint density at radius 1 is 0.889 bits per heavy atom. The summed E-state index contributed by atoms with van der Waals surface area (Å²) in [5, 5.41) is 11.1. The van der Waals surface area contributed by atoms with Crippen LogP contribution in [0.2, 0.25) is 0 Å². The van der Waals surface area contributed by atoms with Gasteiger partial charge in [0.15, 0.2) is 17.3 Å². The molecule has 1 saturated heterocycles. The van der Waals surface area contributed by atoms with Gasteiger partial charge in [0, 0.05) is 45.4 Å². The molecule has 1 N–H and O–H groups in total. The molecule has 3 aliphatic carbocycles. The summed E-state index contributed by atoms with van der Waals surface area (Å²) >= 11 is 0. The number of carbonyl (C=O) groups excluding carboxylic acids is 5. The van der Waals surface area contributed by atoms with Crippen LogP contribution in [-0.4, -0.2) is 41.4 Å². The first kappa shape index (κ1) is 28.4. The molecule has 1 aliphatic heterocycles. The molecule has 8 nitrogen and oxygen atoms in total. The van der Waals surface area contributed by atoms with E-state index in [4.69, 9.17) is 4.74 Å². The molecule has 0 radical (unpaired) electrons. The fourth-order valence-corrected chi connectivity index (χ4v) is 7.40. The van der Waals surface area contributed by atoms with E-state index in [0.717, 1.165) is 5.57 Å². The van der Waals surface area contributed by atoms with E-state index in [0.29, 0.717) is 44.8 Å². The highest BCUT2D eigenvalue weighted by Gasteiger charge is 2.56. The van der Waals surface area contributed by atoms with Crippen molar-refractivity contribution in [3.8, 4) is 11.5 Å². The minimum atomic E-state index is -0.758. The lowest BCUT2D eigenvalue weighted by Gasteiger charge is -2.42. The predicted molar refractivity (Wildman–Crippen MR) is 165 cm³/mol. The molecule has 1 fully saturated rings. The van der Waals surface area contributed by atoms with E-state index < -0.39 is 23.7 Å². The molecule has 224 valence electrons. The fraction of sp³-hybridized carbons (Fsp3) is 0.216. The number of amides is 2. The van der Waals surface area contributed by atoms with E-state index in [1.165, 1.54) is 24.2 Å². The Kier molecular flexibility index (Phi) is 6.73. The fourth-order valence-electron chi connectivity index (χ4n) is 7.40. The van der Waals surface area contributed by atoms with Gasteiger partial charge in [0.05, 0.1) is 24.6 Å². The van der Waals surface area contributed by atoms with Crippen molar-refractivity contribution in [2.24, 2.45) is 17.8 Å². The summed E-state index contributed by atoms with van der Waals surface area (Å²) in [4.78, 5) is 69.0. The summed E-state index contributed by atoms with van der Waals surface area (Å²) in [7, 11) is 1.48. The van der Waals surface area contributed by atoms with Crippen molar-refractivity contribution in [1.29, 1.82) is 0 Å². The molecule has 3 aromatic carbocycles. The van der Waals surface area contributed by atoms with Crippen LogP contribution >= 0.6 is 0 Å². The Balaban J connectivity index is 1.26. The van der Waals surface area contributed by atoms with Crippen LogP contribution in [0, 0.1) is 17.8 Å². The van der Waals surface area contributed by atoms with Crippen molar-refractivity contribution in [3.63, 3.8) is 0 Å². The third-order valence-corrected chi connectivity index (χ3v) is 9.53. The van der Waals surface area contributed by atoms with Gasteiger partial charge in [-0.15, -0.1) is 0 Å². The largest absolute Gasteiger partial charge is 0.507 e. The maximum absolute atomic E-state index is 14.2. The van der Waals surface area contributed by atoms with Crippen molar-refractivity contribution in [2.45, 2.75) is 25.7 Å². The van der Waals surface area contributed by atoms with Crippen LogP contribution in [0.4, 0.5) is 5.69 Å². The zero-order valence-corrected chi connectivity index (χ0v) is 24.7. The normalized spacial score (nSPS) is 24.1. The number of anilines is 1. The van der Waals surface area contributed by atoms with Crippen molar-refractivity contribution in [2.75, 3.05) is 12.0 Å². The van der Waals surface area contributed by atoms with E-state index >= 15 is 0 Å². The molecule has 45 heavy (non-hydrogen) atoms. The van der Waals surface area contributed by atoms with E-state index in [1.807, 2.05) is 12.1 Å². The molecule has 1 heterocycles. The van der Waals surface area contributed by atoms with Gasteiger partial charge in [-0.05, 0) is 62.1 Å². The van der Waals surface area contributed by atoms with Gasteiger partial charge < -0.3 is 9.84 Å². The van der Waals surface area contributed by atoms with Gasteiger partial charge in [-0.2, -0.15) is 0 Å². The Labute approximate surface area is 259 Å². The second-order valence-corrected chi connectivity index (χ2v) is 11.9. The van der Waals surface area contributed by atoms with Crippen LogP contribution < -0.4 is 9.64 Å². The molecular formula is C37H29NO7. The summed E-state index contributed by atoms with van der Waals surface area (Å²) in [6.45, 7) is 1.59. The van der Waals surface area contributed by atoms with E-state index in [-0.39, 0.29) is 47.8 Å². The number of Topliss-reactive ketones (excluding diaryl/α,β-unsaturated/α-hetero) is 1. The van der Waals surface area contributed by atoms with Crippen LogP contribution in [0.15, 0.2) is 107 Å². The Hall–Kier alpha value is -5.37. The number of nitrogens with zero attached hydrogens (tertiary/aromatic N) is 1. The average molecular weight is 600 g/mol. The minimum Gasteiger partial charge on any atom is -0.507 e. The summed E-state index contributed by atoms with van der Waals surface area (Å²) in [6.07, 6.45) is 3.65. The van der Waals surface area contributed by atoms with Crippen molar-refractivity contribution >= 4 is 34.9 Å². The number of ketones is 3. The van der Waals surface area contributed by atoms with E-state index in [2.05, 4.69) is 0 Å². The molecule has 0 spiro atoms. The molecule has 0 saturated carbocycles. The number of hydrogen-bond donors (Lipinski definition) is 1. The van der Waals surface area contributed by atoms with E-state index in [9.17, 15) is 29.1 Å². The van der Waals surface area contributed by atoms with Gasteiger partial charge in [0.2, 0.25) is 11.8 Å². The smallest absolute Gasteiger partial charge is 0.238 e. The quantitative estimate of drug-likeness (QED) is 0.184. The first-order valence-corrected chi connectivity index (χ1v) is 14.8. The zero-order chi connectivity index (χ0) is 31.6. The van der Waals surface area contributed by atoms with Gasteiger partial charge in [0.25, 0.3) is 0 Å². The number of phenolic OH excluding ortho intramolecular Hbond substituents is 1. The van der Waals surface area contributed by atoms with Gasteiger partial charge in [-0.1, -0.05) is 48.0 Å². The molecule has 0 aromatic heterocycles. The maximum atomic E-state index is 14.2. The van der Waals surface area contributed by atoms with Gasteiger partial charge >= 0.3 is 0 Å². The molecule has 3 aromatic rings. The number of methoxy groups -OCH3 is 1. The third-order valence-electron chi connectivity index (χ3n) is 9.53. The number of allylic oxidation sites excluding steroid dienone is 6. The van der Waals surface area contributed by atoms with E-state index in [1.54, 1.807) is 67.6 Å². The zero-order valence-electron chi connectivity index (χ0n) is 24.7. The molecule has 4 aliphatic rings. The molecule has 8 heteroatoms. The number of ether oxygens (including phenoxy) is 1. The molecule has 4 unspecified atom stereocenters. The monoisotopic (exact) mass is 599 g/mol. The SMILES string of the molecule is COc1ccc(C2C3=CCC4C(=O)N(c5ccc(C(=O)c6ccccc6)cc5)C(=O)C4C3CC3=C2C(=O)C=C(C)C3=O)c(O)c1. The molecule has 4 atom stereocenters. The lowest BCUT2D eigenvalue weighted by molar-refractivity contribution is -0.123. The number of fused-ring (bicyclic) bond motifs is 3. The third kappa shape index (κ3) is 4.39. The molecule has 7 rings (SSSR count). The lowest BCUT2D eigenvalue weighted by atomic mass is 9.59. The van der Waals surface area contributed by atoms with Gasteiger partial charge in [-0.25, -0.2) is 0 Å². The summed E-state index contributed by atoms with van der Waals surface area (Å²) in [5.74, 6) is -3.81. The van der Waals surface area contributed by atoms with Crippen LogP contribution in [0.25, 0.3) is 0 Å². The van der Waals surface area contributed by atoms with Crippen LogP contribution in [-0.2, 0) is 19.2 Å². The maximum Gasteiger partial charge on any atom is 0.238 e. The molecule has 0 bridgehead atoms. The molecular weight excluding hydrogens is 570 g/mol. The first-order chi connectivity index (χ1) is 21.7. The summed E-state index contributed by atoms with van der Waals surface area (Å²) in [5.41, 5.74) is 3.46. The topological polar surface area (TPSA) is 118 Å².